The number of hydrogen-bond acceptors (Lipinski definition) is 7. The number of carbonyl (C=O) groups excluding carboxylic acids is 1. The number of esters is 1. The molecule has 1 aromatic heterocycles. The number of nitrogens with one attached hydrogen (secondary N) is 1. The highest BCUT2D eigenvalue weighted by atomic mass is 32.2. The van der Waals surface area contributed by atoms with Crippen molar-refractivity contribution in [2.24, 2.45) is 0 Å². The molecular formula is C26H31N5O2S. The number of carbonyl (C=O) groups is 1. The summed E-state index contributed by atoms with van der Waals surface area (Å²) in [5, 5.41) is 8.76. The van der Waals surface area contributed by atoms with Gasteiger partial charge in [-0.3, -0.25) is 0 Å². The smallest absolute Gasteiger partial charge is 0.338 e. The Labute approximate surface area is 205 Å². The van der Waals surface area contributed by atoms with Crippen LogP contribution < -0.4 is 10.2 Å². The summed E-state index contributed by atoms with van der Waals surface area (Å²) in [6, 6.07) is 17.5. The van der Waals surface area contributed by atoms with E-state index in [2.05, 4.69) is 12.2 Å². The van der Waals surface area contributed by atoms with Gasteiger partial charge in [-0.05, 0) is 36.6 Å². The molecule has 0 fully saturated rings. The molecule has 0 bridgehead atoms. The first-order chi connectivity index (χ1) is 16.5. The number of benzene rings is 2. The quantitative estimate of drug-likeness (QED) is 0.256. The molecule has 1 N–H and O–H groups in total. The summed E-state index contributed by atoms with van der Waals surface area (Å²) in [6.45, 7) is 4.27. The first kappa shape index (κ1) is 23.9. The van der Waals surface area contributed by atoms with Gasteiger partial charge in [0.2, 0.25) is 11.1 Å². The number of aromatic nitrogens is 3. The Hall–Kier alpha value is -3.26. The molecule has 0 spiro atoms. The van der Waals surface area contributed by atoms with Gasteiger partial charge in [-0.25, -0.2) is 9.48 Å². The van der Waals surface area contributed by atoms with Crippen LogP contribution in [0.3, 0.4) is 0 Å². The SMILES string of the molecule is CCCCSc1nc2n(n1)C(c1ccc(N(C)C)cc1)C(C(=O)OCc1ccccc1)=C(C)N2. The topological polar surface area (TPSA) is 72.3 Å². The number of nitrogens with zero attached hydrogens (tertiary/aromatic N) is 4. The summed E-state index contributed by atoms with van der Waals surface area (Å²) in [5.74, 6) is 1.23. The van der Waals surface area contributed by atoms with Crippen molar-refractivity contribution in [3.63, 3.8) is 0 Å². The molecule has 3 aromatic rings. The van der Waals surface area contributed by atoms with E-state index in [-0.39, 0.29) is 12.6 Å². The van der Waals surface area contributed by atoms with Crippen LogP contribution in [-0.2, 0) is 16.1 Å². The van der Waals surface area contributed by atoms with Crippen LogP contribution >= 0.6 is 11.8 Å². The van der Waals surface area contributed by atoms with Crippen molar-refractivity contribution in [1.29, 1.82) is 0 Å². The predicted octanol–water partition coefficient (Wildman–Crippen LogP) is 5.27. The van der Waals surface area contributed by atoms with E-state index in [0.29, 0.717) is 16.7 Å². The Kier molecular flexibility index (Phi) is 7.57. The second kappa shape index (κ2) is 10.8. The lowest BCUT2D eigenvalue weighted by Crippen LogP contribution is -2.29. The average molecular weight is 478 g/mol. The van der Waals surface area contributed by atoms with Gasteiger partial charge in [0, 0.05) is 31.2 Å². The van der Waals surface area contributed by atoms with Gasteiger partial charge >= 0.3 is 5.97 Å². The van der Waals surface area contributed by atoms with E-state index in [1.54, 1.807) is 11.8 Å². The van der Waals surface area contributed by atoms with Crippen LogP contribution in [0.2, 0.25) is 0 Å². The highest BCUT2D eigenvalue weighted by Gasteiger charge is 2.35. The Morgan fingerprint density at radius 2 is 1.88 bits per heavy atom. The standard InChI is InChI=1S/C26H31N5O2S/c1-5-6-16-34-26-28-25-27-18(2)22(24(32)33-17-19-10-8-7-9-11-19)23(31(25)29-26)20-12-14-21(15-13-20)30(3)4/h7-15,23H,5-6,16-17H2,1-4H3,(H,27,28,29). The summed E-state index contributed by atoms with van der Waals surface area (Å²) in [4.78, 5) is 20.1. The third-order valence-corrected chi connectivity index (χ3v) is 6.64. The van der Waals surface area contributed by atoms with Crippen molar-refractivity contribution in [3.8, 4) is 0 Å². The molecule has 4 rings (SSSR count). The molecule has 2 heterocycles. The van der Waals surface area contributed by atoms with Gasteiger partial charge in [0.1, 0.15) is 12.6 Å². The molecule has 34 heavy (non-hydrogen) atoms. The molecule has 0 saturated heterocycles. The van der Waals surface area contributed by atoms with Gasteiger partial charge in [-0.15, -0.1) is 5.10 Å². The third-order valence-electron chi connectivity index (χ3n) is 5.72. The first-order valence-electron chi connectivity index (χ1n) is 11.5. The Morgan fingerprint density at radius 3 is 2.56 bits per heavy atom. The van der Waals surface area contributed by atoms with Crippen molar-refractivity contribution in [2.75, 3.05) is 30.1 Å². The number of allylic oxidation sites excluding steroid dienone is 1. The van der Waals surface area contributed by atoms with E-state index in [1.165, 1.54) is 0 Å². The maximum atomic E-state index is 13.4. The van der Waals surface area contributed by atoms with E-state index in [4.69, 9.17) is 14.8 Å². The number of fused-ring (bicyclic) bond motifs is 1. The Bertz CT molecular complexity index is 1160. The lowest BCUT2D eigenvalue weighted by Gasteiger charge is -2.28. The molecule has 7 nitrogen and oxygen atoms in total. The molecule has 0 saturated carbocycles. The monoisotopic (exact) mass is 477 g/mol. The van der Waals surface area contributed by atoms with E-state index < -0.39 is 6.04 Å². The predicted molar refractivity (Wildman–Crippen MR) is 137 cm³/mol. The minimum Gasteiger partial charge on any atom is -0.457 e. The van der Waals surface area contributed by atoms with E-state index in [1.807, 2.05) is 85.2 Å². The molecule has 0 aliphatic carbocycles. The number of ether oxygens (including phenoxy) is 1. The van der Waals surface area contributed by atoms with Crippen molar-refractivity contribution in [2.45, 2.75) is 44.5 Å². The Morgan fingerprint density at radius 1 is 1.15 bits per heavy atom. The minimum atomic E-state index is -0.427. The molecule has 1 aliphatic heterocycles. The highest BCUT2D eigenvalue weighted by molar-refractivity contribution is 7.99. The minimum absolute atomic E-state index is 0.213. The lowest BCUT2D eigenvalue weighted by atomic mass is 9.95. The number of unbranched alkanes of at least 4 members (excludes halogenated alkanes) is 1. The fourth-order valence-electron chi connectivity index (χ4n) is 3.83. The zero-order valence-electron chi connectivity index (χ0n) is 20.1. The second-order valence-electron chi connectivity index (χ2n) is 8.48. The van der Waals surface area contributed by atoms with Crippen LogP contribution in [-0.4, -0.2) is 40.6 Å². The number of anilines is 2. The van der Waals surface area contributed by atoms with Gasteiger partial charge < -0.3 is 15.0 Å². The normalized spacial score (nSPS) is 15.0. The van der Waals surface area contributed by atoms with Crippen molar-refractivity contribution in [3.05, 3.63) is 77.0 Å². The largest absolute Gasteiger partial charge is 0.457 e. The van der Waals surface area contributed by atoms with Crippen molar-refractivity contribution >= 4 is 29.4 Å². The van der Waals surface area contributed by atoms with Crippen LogP contribution in [0, 0.1) is 0 Å². The molecule has 0 radical (unpaired) electrons. The third kappa shape index (κ3) is 5.28. The molecular weight excluding hydrogens is 446 g/mol. The average Bonchev–Trinajstić information content (AvgIpc) is 3.24. The number of hydrogen-bond donors (Lipinski definition) is 1. The summed E-state index contributed by atoms with van der Waals surface area (Å²) >= 11 is 1.64. The maximum absolute atomic E-state index is 13.4. The highest BCUT2D eigenvalue weighted by Crippen LogP contribution is 2.37. The lowest BCUT2D eigenvalue weighted by molar-refractivity contribution is -0.140. The van der Waals surface area contributed by atoms with Crippen LogP contribution in [0.15, 0.2) is 71.0 Å². The van der Waals surface area contributed by atoms with Gasteiger partial charge in [0.25, 0.3) is 0 Å². The van der Waals surface area contributed by atoms with Gasteiger partial charge in [-0.1, -0.05) is 67.6 Å². The zero-order valence-corrected chi connectivity index (χ0v) is 20.9. The van der Waals surface area contributed by atoms with Gasteiger partial charge in [0.05, 0.1) is 5.57 Å². The second-order valence-corrected chi connectivity index (χ2v) is 9.54. The molecule has 1 unspecified atom stereocenters. The fraction of sp³-hybridized carbons (Fsp3) is 0.346. The first-order valence-corrected chi connectivity index (χ1v) is 12.5. The fourth-order valence-corrected chi connectivity index (χ4v) is 4.74. The van der Waals surface area contributed by atoms with Crippen LogP contribution in [0.25, 0.3) is 0 Å². The molecule has 8 heteroatoms. The zero-order chi connectivity index (χ0) is 24.1. The van der Waals surface area contributed by atoms with Crippen LogP contribution in [0.1, 0.15) is 43.9 Å². The number of rotatable bonds is 9. The van der Waals surface area contributed by atoms with Gasteiger partial charge in [0.15, 0.2) is 0 Å². The summed E-state index contributed by atoms with van der Waals surface area (Å²) in [5.41, 5.74) is 4.25. The molecule has 2 aromatic carbocycles. The summed E-state index contributed by atoms with van der Waals surface area (Å²) in [6.07, 6.45) is 2.23. The van der Waals surface area contributed by atoms with Crippen molar-refractivity contribution in [1.82, 2.24) is 14.8 Å². The van der Waals surface area contributed by atoms with E-state index >= 15 is 0 Å². The molecule has 1 aliphatic rings. The van der Waals surface area contributed by atoms with E-state index in [0.717, 1.165) is 41.1 Å². The Balaban J connectivity index is 1.67. The number of thioether (sulfide) groups is 1. The van der Waals surface area contributed by atoms with Crippen molar-refractivity contribution < 1.29 is 9.53 Å². The van der Waals surface area contributed by atoms with Crippen LogP contribution in [0.5, 0.6) is 0 Å². The molecule has 178 valence electrons. The maximum Gasteiger partial charge on any atom is 0.338 e. The molecule has 0 amide bonds. The van der Waals surface area contributed by atoms with Gasteiger partial charge in [-0.2, -0.15) is 4.98 Å². The summed E-state index contributed by atoms with van der Waals surface area (Å²) in [7, 11) is 4.01. The molecule has 1 atom stereocenters. The summed E-state index contributed by atoms with van der Waals surface area (Å²) < 4.78 is 7.55. The van der Waals surface area contributed by atoms with E-state index in [9.17, 15) is 4.79 Å². The van der Waals surface area contributed by atoms with Crippen LogP contribution in [0.4, 0.5) is 11.6 Å².